The Balaban J connectivity index is 2.17. The van der Waals surface area contributed by atoms with E-state index in [4.69, 9.17) is 4.98 Å². The molecule has 1 saturated carbocycles. The van der Waals surface area contributed by atoms with Crippen LogP contribution in [-0.2, 0) is 12.0 Å². The molecular weight excluding hydrogens is 260 g/mol. The zero-order valence-corrected chi connectivity index (χ0v) is 14.0. The Labute approximate surface area is 129 Å². The number of hydrogen-bond donors (Lipinski definition) is 1. The highest BCUT2D eigenvalue weighted by Gasteiger charge is 2.20. The molecule has 0 bridgehead atoms. The number of aromatic nitrogens is 1. The summed E-state index contributed by atoms with van der Waals surface area (Å²) < 4.78 is 0. The molecule has 0 atom stereocenters. The standard InChI is InChI=1S/C18H30N2O/c1-18(2,3)16-10-15(13-21)11-17(19-16)20(4)12-14-8-6-5-7-9-14/h10-11,14,21H,5-9,12-13H2,1-4H3. The molecule has 1 aliphatic carbocycles. The van der Waals surface area contributed by atoms with E-state index in [-0.39, 0.29) is 12.0 Å². The van der Waals surface area contributed by atoms with Gasteiger partial charge in [0.15, 0.2) is 0 Å². The van der Waals surface area contributed by atoms with E-state index >= 15 is 0 Å². The van der Waals surface area contributed by atoms with Crippen LogP contribution in [0.3, 0.4) is 0 Å². The highest BCUT2D eigenvalue weighted by atomic mass is 16.3. The van der Waals surface area contributed by atoms with Crippen molar-refractivity contribution in [2.24, 2.45) is 5.92 Å². The van der Waals surface area contributed by atoms with E-state index in [0.717, 1.165) is 29.5 Å². The van der Waals surface area contributed by atoms with Crippen molar-refractivity contribution < 1.29 is 5.11 Å². The molecule has 0 saturated heterocycles. The molecule has 0 amide bonds. The second-order valence-corrected chi connectivity index (χ2v) is 7.51. The van der Waals surface area contributed by atoms with Crippen LogP contribution in [0, 0.1) is 5.92 Å². The third-order valence-electron chi connectivity index (χ3n) is 4.47. The lowest BCUT2D eigenvalue weighted by Gasteiger charge is -2.29. The molecule has 0 spiro atoms. The minimum Gasteiger partial charge on any atom is -0.392 e. The van der Waals surface area contributed by atoms with Gasteiger partial charge in [0.2, 0.25) is 0 Å². The second-order valence-electron chi connectivity index (χ2n) is 7.51. The summed E-state index contributed by atoms with van der Waals surface area (Å²) in [6, 6.07) is 4.05. The van der Waals surface area contributed by atoms with Gasteiger partial charge >= 0.3 is 0 Å². The summed E-state index contributed by atoms with van der Waals surface area (Å²) >= 11 is 0. The topological polar surface area (TPSA) is 36.4 Å². The van der Waals surface area contributed by atoms with Gasteiger partial charge in [-0.3, -0.25) is 0 Å². The summed E-state index contributed by atoms with van der Waals surface area (Å²) in [5.41, 5.74) is 2.02. The molecule has 1 N–H and O–H groups in total. The first kappa shape index (κ1) is 16.3. The average Bonchev–Trinajstić information content (AvgIpc) is 2.46. The van der Waals surface area contributed by atoms with Crippen LogP contribution >= 0.6 is 0 Å². The molecule has 0 unspecified atom stereocenters. The van der Waals surface area contributed by atoms with E-state index in [1.54, 1.807) is 0 Å². The number of rotatable bonds is 4. The van der Waals surface area contributed by atoms with Crippen molar-refractivity contribution in [2.75, 3.05) is 18.5 Å². The van der Waals surface area contributed by atoms with Crippen molar-refractivity contribution in [3.8, 4) is 0 Å². The van der Waals surface area contributed by atoms with Gasteiger partial charge in [-0.05, 0) is 36.5 Å². The molecule has 1 fully saturated rings. The smallest absolute Gasteiger partial charge is 0.128 e. The minimum absolute atomic E-state index is 0.00556. The summed E-state index contributed by atoms with van der Waals surface area (Å²) in [5.74, 6) is 1.79. The summed E-state index contributed by atoms with van der Waals surface area (Å²) in [4.78, 5) is 7.10. The predicted octanol–water partition coefficient (Wildman–Crippen LogP) is 3.89. The zero-order valence-electron chi connectivity index (χ0n) is 14.0. The van der Waals surface area contributed by atoms with Crippen LogP contribution in [0.15, 0.2) is 12.1 Å². The minimum atomic E-state index is 0.00556. The van der Waals surface area contributed by atoms with Gasteiger partial charge in [0.25, 0.3) is 0 Å². The van der Waals surface area contributed by atoms with Gasteiger partial charge in [0, 0.05) is 24.7 Å². The predicted molar refractivity (Wildman–Crippen MR) is 88.7 cm³/mol. The Morgan fingerprint density at radius 2 is 1.86 bits per heavy atom. The van der Waals surface area contributed by atoms with Gasteiger partial charge in [-0.1, -0.05) is 40.0 Å². The Morgan fingerprint density at radius 3 is 2.43 bits per heavy atom. The molecule has 3 nitrogen and oxygen atoms in total. The van der Waals surface area contributed by atoms with Gasteiger partial charge in [0.05, 0.1) is 6.61 Å². The fraction of sp³-hybridized carbons (Fsp3) is 0.722. The number of anilines is 1. The van der Waals surface area contributed by atoms with Crippen molar-refractivity contribution in [1.29, 1.82) is 0 Å². The molecule has 118 valence electrons. The maximum absolute atomic E-state index is 9.51. The first-order valence-corrected chi connectivity index (χ1v) is 8.23. The highest BCUT2D eigenvalue weighted by Crippen LogP contribution is 2.28. The van der Waals surface area contributed by atoms with Crippen LogP contribution in [0.25, 0.3) is 0 Å². The van der Waals surface area contributed by atoms with E-state index in [1.807, 2.05) is 12.1 Å². The van der Waals surface area contributed by atoms with E-state index in [1.165, 1.54) is 32.1 Å². The molecule has 1 aromatic rings. The fourth-order valence-electron chi connectivity index (χ4n) is 3.09. The van der Waals surface area contributed by atoms with E-state index in [0.29, 0.717) is 0 Å². The highest BCUT2D eigenvalue weighted by molar-refractivity contribution is 5.43. The van der Waals surface area contributed by atoms with E-state index in [9.17, 15) is 5.11 Å². The van der Waals surface area contributed by atoms with Crippen LogP contribution in [-0.4, -0.2) is 23.7 Å². The lowest BCUT2D eigenvalue weighted by atomic mass is 9.89. The molecule has 0 aliphatic heterocycles. The van der Waals surface area contributed by atoms with Crippen molar-refractivity contribution in [3.63, 3.8) is 0 Å². The Morgan fingerprint density at radius 1 is 1.19 bits per heavy atom. The van der Waals surface area contributed by atoms with Gasteiger partial charge in [-0.2, -0.15) is 0 Å². The number of nitrogens with zero attached hydrogens (tertiary/aromatic N) is 2. The van der Waals surface area contributed by atoms with E-state index < -0.39 is 0 Å². The summed E-state index contributed by atoms with van der Waals surface area (Å²) in [7, 11) is 2.13. The number of hydrogen-bond acceptors (Lipinski definition) is 3. The Hall–Kier alpha value is -1.09. The summed E-state index contributed by atoms with van der Waals surface area (Å²) in [6.45, 7) is 7.66. The van der Waals surface area contributed by atoms with Gasteiger partial charge in [-0.15, -0.1) is 0 Å². The van der Waals surface area contributed by atoms with Crippen LogP contribution in [0.4, 0.5) is 5.82 Å². The van der Waals surface area contributed by atoms with E-state index in [2.05, 4.69) is 32.7 Å². The molecule has 1 aromatic heterocycles. The fourth-order valence-corrected chi connectivity index (χ4v) is 3.09. The molecule has 1 aliphatic rings. The number of aliphatic hydroxyl groups is 1. The average molecular weight is 290 g/mol. The normalized spacial score (nSPS) is 17.0. The maximum Gasteiger partial charge on any atom is 0.128 e. The van der Waals surface area contributed by atoms with Crippen molar-refractivity contribution in [1.82, 2.24) is 4.98 Å². The molecule has 0 radical (unpaired) electrons. The molecule has 1 heterocycles. The lowest BCUT2D eigenvalue weighted by molar-refractivity contribution is 0.281. The Bertz CT molecular complexity index is 459. The molecule has 21 heavy (non-hydrogen) atoms. The lowest BCUT2D eigenvalue weighted by Crippen LogP contribution is -2.28. The number of pyridine rings is 1. The summed E-state index contributed by atoms with van der Waals surface area (Å²) in [5, 5.41) is 9.51. The quantitative estimate of drug-likeness (QED) is 0.914. The second kappa shape index (κ2) is 6.78. The largest absolute Gasteiger partial charge is 0.392 e. The van der Waals surface area contributed by atoms with Crippen LogP contribution in [0.1, 0.15) is 64.1 Å². The Kier molecular flexibility index (Phi) is 5.26. The van der Waals surface area contributed by atoms with Gasteiger partial charge in [0.1, 0.15) is 5.82 Å². The third kappa shape index (κ3) is 4.44. The van der Waals surface area contributed by atoms with Gasteiger partial charge in [-0.25, -0.2) is 4.98 Å². The van der Waals surface area contributed by atoms with Gasteiger partial charge < -0.3 is 10.0 Å². The molecule has 3 heteroatoms. The van der Waals surface area contributed by atoms with Crippen molar-refractivity contribution >= 4 is 5.82 Å². The summed E-state index contributed by atoms with van der Waals surface area (Å²) in [6.07, 6.45) is 6.82. The third-order valence-corrected chi connectivity index (χ3v) is 4.47. The first-order valence-electron chi connectivity index (χ1n) is 8.23. The van der Waals surface area contributed by atoms with Crippen LogP contribution in [0.5, 0.6) is 0 Å². The van der Waals surface area contributed by atoms with Crippen molar-refractivity contribution in [3.05, 3.63) is 23.4 Å². The van der Waals surface area contributed by atoms with Crippen molar-refractivity contribution in [2.45, 2.75) is 64.9 Å². The van der Waals surface area contributed by atoms with Crippen LogP contribution in [0.2, 0.25) is 0 Å². The monoisotopic (exact) mass is 290 g/mol. The number of aliphatic hydroxyl groups excluding tert-OH is 1. The maximum atomic E-state index is 9.51. The molecule has 2 rings (SSSR count). The van der Waals surface area contributed by atoms with Crippen LogP contribution < -0.4 is 4.90 Å². The zero-order chi connectivity index (χ0) is 15.5. The first-order chi connectivity index (χ1) is 9.90. The molecular formula is C18H30N2O. The SMILES string of the molecule is CN(CC1CCCCC1)c1cc(CO)cc(C(C)(C)C)n1. The molecule has 0 aromatic carbocycles.